The highest BCUT2D eigenvalue weighted by molar-refractivity contribution is 7.10. The van der Waals surface area contributed by atoms with Crippen molar-refractivity contribution in [3.8, 4) is 5.75 Å². The Balaban J connectivity index is 1.25. The molecule has 1 saturated carbocycles. The van der Waals surface area contributed by atoms with Crippen LogP contribution in [-0.4, -0.2) is 37.1 Å². The zero-order valence-electron chi connectivity index (χ0n) is 15.6. The van der Waals surface area contributed by atoms with E-state index in [1.54, 1.807) is 12.1 Å². The lowest BCUT2D eigenvalue weighted by atomic mass is 9.96. The van der Waals surface area contributed by atoms with E-state index in [0.29, 0.717) is 31.5 Å². The summed E-state index contributed by atoms with van der Waals surface area (Å²) in [6, 6.07) is 9.16. The molecule has 7 heteroatoms. The molecule has 4 nitrogen and oxygen atoms in total. The molecule has 1 atom stereocenters. The topological polar surface area (TPSA) is 41.6 Å². The van der Waals surface area contributed by atoms with Crippen molar-refractivity contribution < 1.29 is 18.3 Å². The van der Waals surface area contributed by atoms with E-state index in [0.717, 1.165) is 18.5 Å². The molecule has 2 aliphatic rings. The van der Waals surface area contributed by atoms with E-state index in [1.807, 2.05) is 11.3 Å². The first-order chi connectivity index (χ1) is 13.6. The molecular weight excluding hydrogens is 382 g/mol. The molecule has 150 valence electrons. The highest BCUT2D eigenvalue weighted by atomic mass is 32.1. The maximum absolute atomic E-state index is 12.5. The largest absolute Gasteiger partial charge is 0.435 e. The number of ether oxygens (including phenoxy) is 1. The zero-order chi connectivity index (χ0) is 19.5. The summed E-state index contributed by atoms with van der Waals surface area (Å²) >= 11 is 1.83. The summed E-state index contributed by atoms with van der Waals surface area (Å²) in [5.74, 6) is 0.879. The van der Waals surface area contributed by atoms with E-state index >= 15 is 0 Å². The third-order valence-corrected chi connectivity index (χ3v) is 6.41. The first-order valence-corrected chi connectivity index (χ1v) is 10.6. The Hall–Kier alpha value is -1.99. The molecule has 1 aromatic heterocycles. The van der Waals surface area contributed by atoms with Crippen molar-refractivity contribution in [2.24, 2.45) is 5.92 Å². The standard InChI is InChI=1S/C21H24F2N2O2S/c22-21(23)27-16-5-1-14(2-6-16)7-10-24-19(26)13-25-11-8-18-17(9-12-28-18)20(25)15-3-4-15/h1-2,5-6,9,12,15,20-21H,3-4,7-8,10-11,13H2,(H,24,26)/t20-/m0/s1. The number of rotatable bonds is 8. The molecule has 0 unspecified atom stereocenters. The molecule has 1 N–H and O–H groups in total. The van der Waals surface area contributed by atoms with Gasteiger partial charge in [-0.2, -0.15) is 8.78 Å². The van der Waals surface area contributed by atoms with E-state index in [2.05, 4.69) is 26.4 Å². The molecule has 1 aromatic carbocycles. The molecule has 0 bridgehead atoms. The summed E-state index contributed by atoms with van der Waals surface area (Å²) in [4.78, 5) is 16.3. The van der Waals surface area contributed by atoms with Crippen LogP contribution in [0.15, 0.2) is 35.7 Å². The molecule has 1 fully saturated rings. The number of amides is 1. The van der Waals surface area contributed by atoms with Crippen LogP contribution < -0.4 is 10.1 Å². The Morgan fingerprint density at radius 1 is 1.25 bits per heavy atom. The lowest BCUT2D eigenvalue weighted by Crippen LogP contribution is -2.43. The van der Waals surface area contributed by atoms with Gasteiger partial charge in [0.15, 0.2) is 0 Å². The van der Waals surface area contributed by atoms with Crippen LogP contribution in [0.4, 0.5) is 8.78 Å². The Kier molecular flexibility index (Phi) is 5.92. The van der Waals surface area contributed by atoms with E-state index in [4.69, 9.17) is 0 Å². The molecule has 1 amide bonds. The van der Waals surface area contributed by atoms with Gasteiger partial charge in [-0.1, -0.05) is 12.1 Å². The van der Waals surface area contributed by atoms with Crippen LogP contribution in [0, 0.1) is 5.92 Å². The second-order valence-corrected chi connectivity index (χ2v) is 8.42. The van der Waals surface area contributed by atoms with Gasteiger partial charge < -0.3 is 10.1 Å². The number of nitrogens with zero attached hydrogens (tertiary/aromatic N) is 1. The fourth-order valence-corrected chi connectivity index (χ4v) is 4.88. The first-order valence-electron chi connectivity index (χ1n) is 9.71. The lowest BCUT2D eigenvalue weighted by molar-refractivity contribution is -0.123. The minimum atomic E-state index is -2.82. The first kappa shape index (κ1) is 19.3. The summed E-state index contributed by atoms with van der Waals surface area (Å²) in [6.07, 6.45) is 4.19. The predicted molar refractivity (Wildman–Crippen MR) is 105 cm³/mol. The van der Waals surface area contributed by atoms with Crippen molar-refractivity contribution in [2.45, 2.75) is 38.3 Å². The SMILES string of the molecule is O=C(CN1CCc2sccc2[C@@H]1C1CC1)NCCc1ccc(OC(F)F)cc1. The minimum absolute atomic E-state index is 0.0435. The number of carbonyl (C=O) groups excluding carboxylic acids is 1. The van der Waals surface area contributed by atoms with Crippen molar-refractivity contribution in [3.05, 3.63) is 51.7 Å². The van der Waals surface area contributed by atoms with Crippen LogP contribution in [0.3, 0.4) is 0 Å². The number of thiophene rings is 1. The summed E-state index contributed by atoms with van der Waals surface area (Å²) in [6.45, 7) is -0.922. The molecule has 2 heterocycles. The fourth-order valence-electron chi connectivity index (χ4n) is 3.96. The van der Waals surface area contributed by atoms with Gasteiger partial charge in [0.05, 0.1) is 6.54 Å². The average molecular weight is 406 g/mol. The highest BCUT2D eigenvalue weighted by Gasteiger charge is 2.40. The number of halogens is 2. The summed E-state index contributed by atoms with van der Waals surface area (Å²) < 4.78 is 28.7. The third-order valence-electron chi connectivity index (χ3n) is 5.42. The van der Waals surface area contributed by atoms with Crippen LogP contribution in [0.25, 0.3) is 0 Å². The summed E-state index contributed by atoms with van der Waals surface area (Å²) in [5.41, 5.74) is 2.40. The molecule has 4 rings (SSSR count). The van der Waals surface area contributed by atoms with E-state index < -0.39 is 6.61 Å². The van der Waals surface area contributed by atoms with Gasteiger partial charge in [0, 0.05) is 24.0 Å². The van der Waals surface area contributed by atoms with Crippen LogP contribution >= 0.6 is 11.3 Å². The Labute approximate surface area is 167 Å². The fraction of sp³-hybridized carbons (Fsp3) is 0.476. The minimum Gasteiger partial charge on any atom is -0.435 e. The van der Waals surface area contributed by atoms with Gasteiger partial charge in [0.1, 0.15) is 5.75 Å². The Morgan fingerprint density at radius 3 is 2.75 bits per heavy atom. The molecule has 1 aliphatic carbocycles. The number of hydrogen-bond donors (Lipinski definition) is 1. The van der Waals surface area contributed by atoms with Gasteiger partial charge in [-0.25, -0.2) is 0 Å². The van der Waals surface area contributed by atoms with Gasteiger partial charge in [-0.3, -0.25) is 9.69 Å². The maximum atomic E-state index is 12.5. The molecule has 0 spiro atoms. The van der Waals surface area contributed by atoms with E-state index in [9.17, 15) is 13.6 Å². The third kappa shape index (κ3) is 4.70. The molecule has 1 aliphatic heterocycles. The smallest absolute Gasteiger partial charge is 0.387 e. The van der Waals surface area contributed by atoms with Crippen molar-refractivity contribution in [1.82, 2.24) is 10.2 Å². The van der Waals surface area contributed by atoms with E-state index in [-0.39, 0.29) is 11.7 Å². The number of hydrogen-bond acceptors (Lipinski definition) is 4. The van der Waals surface area contributed by atoms with Gasteiger partial charge in [0.2, 0.25) is 5.91 Å². The predicted octanol–water partition coefficient (Wildman–Crippen LogP) is 4.02. The van der Waals surface area contributed by atoms with Crippen LogP contribution in [-0.2, 0) is 17.6 Å². The zero-order valence-corrected chi connectivity index (χ0v) is 16.4. The second-order valence-electron chi connectivity index (χ2n) is 7.42. The van der Waals surface area contributed by atoms with Gasteiger partial charge in [0.25, 0.3) is 0 Å². The Bertz CT molecular complexity index is 805. The molecule has 0 radical (unpaired) electrons. The average Bonchev–Trinajstić information content (AvgIpc) is 3.38. The number of carbonyl (C=O) groups is 1. The summed E-state index contributed by atoms with van der Waals surface area (Å²) in [7, 11) is 0. The molecule has 2 aromatic rings. The molecule has 28 heavy (non-hydrogen) atoms. The summed E-state index contributed by atoms with van der Waals surface area (Å²) in [5, 5.41) is 5.16. The van der Waals surface area contributed by atoms with E-state index in [1.165, 1.54) is 35.4 Å². The number of alkyl halides is 2. The van der Waals surface area contributed by atoms with Gasteiger partial charge >= 0.3 is 6.61 Å². The second kappa shape index (κ2) is 8.57. The van der Waals surface area contributed by atoms with Crippen molar-refractivity contribution in [1.29, 1.82) is 0 Å². The molecule has 0 saturated heterocycles. The van der Waals surface area contributed by atoms with Crippen molar-refractivity contribution in [3.63, 3.8) is 0 Å². The highest BCUT2D eigenvalue weighted by Crippen LogP contribution is 2.48. The normalized spacial score (nSPS) is 19.5. The number of benzene rings is 1. The van der Waals surface area contributed by atoms with Crippen LogP contribution in [0.2, 0.25) is 0 Å². The molecular formula is C21H24F2N2O2S. The van der Waals surface area contributed by atoms with Crippen LogP contribution in [0.5, 0.6) is 5.75 Å². The Morgan fingerprint density at radius 2 is 2.04 bits per heavy atom. The number of nitrogens with one attached hydrogen (secondary N) is 1. The monoisotopic (exact) mass is 406 g/mol. The van der Waals surface area contributed by atoms with Crippen molar-refractivity contribution in [2.75, 3.05) is 19.6 Å². The van der Waals surface area contributed by atoms with Crippen LogP contribution in [0.1, 0.15) is 34.9 Å². The van der Waals surface area contributed by atoms with Gasteiger partial charge in [-0.15, -0.1) is 11.3 Å². The van der Waals surface area contributed by atoms with Crippen molar-refractivity contribution >= 4 is 17.2 Å². The quantitative estimate of drug-likeness (QED) is 0.720. The number of fused-ring (bicyclic) bond motifs is 1. The maximum Gasteiger partial charge on any atom is 0.387 e. The lowest BCUT2D eigenvalue weighted by Gasteiger charge is -2.35. The van der Waals surface area contributed by atoms with Gasteiger partial charge in [-0.05, 0) is 66.3 Å².